The molecule has 1 amide bonds. The van der Waals surface area contributed by atoms with Crippen LogP contribution in [-0.4, -0.2) is 30.8 Å². The zero-order valence-electron chi connectivity index (χ0n) is 18.5. The minimum Gasteiger partial charge on any atom is -0.489 e. The van der Waals surface area contributed by atoms with Gasteiger partial charge in [0.1, 0.15) is 17.9 Å². The number of aryl methyl sites for hydroxylation is 2. The van der Waals surface area contributed by atoms with Gasteiger partial charge in [-0.05, 0) is 70.7 Å². The molecule has 30 heavy (non-hydrogen) atoms. The molecule has 1 aliphatic heterocycles. The van der Waals surface area contributed by atoms with Gasteiger partial charge in [-0.15, -0.1) is 0 Å². The lowest BCUT2D eigenvalue weighted by atomic mass is 9.93. The fourth-order valence-electron chi connectivity index (χ4n) is 3.93. The lowest BCUT2D eigenvalue weighted by Crippen LogP contribution is -2.46. The Hall–Kier alpha value is -2.60. The molecule has 1 saturated heterocycles. The summed E-state index contributed by atoms with van der Waals surface area (Å²) in [6.07, 6.45) is 1.51. The Labute approximate surface area is 177 Å². The fourth-order valence-corrected chi connectivity index (χ4v) is 3.93. The van der Waals surface area contributed by atoms with E-state index in [4.69, 9.17) is 13.9 Å². The highest BCUT2D eigenvalue weighted by atomic mass is 16.5. The third kappa shape index (κ3) is 4.93. The van der Waals surface area contributed by atoms with Gasteiger partial charge in [0.15, 0.2) is 0 Å². The van der Waals surface area contributed by atoms with Crippen molar-refractivity contribution >= 4 is 16.9 Å². The molecule has 0 bridgehead atoms. The van der Waals surface area contributed by atoms with E-state index in [0.29, 0.717) is 30.1 Å². The molecule has 1 fully saturated rings. The first-order valence-electron chi connectivity index (χ1n) is 10.3. The largest absolute Gasteiger partial charge is 0.489 e. The normalized spacial score (nSPS) is 18.2. The number of rotatable bonds is 6. The molecule has 3 rings (SSSR count). The van der Waals surface area contributed by atoms with Crippen LogP contribution in [0.3, 0.4) is 0 Å². The van der Waals surface area contributed by atoms with E-state index in [2.05, 4.69) is 11.9 Å². The number of amides is 1. The number of carbonyl (C=O) groups excluding carboxylic acids is 1. The molecule has 6 nitrogen and oxygen atoms in total. The second-order valence-electron chi connectivity index (χ2n) is 8.85. The van der Waals surface area contributed by atoms with Crippen molar-refractivity contribution in [1.82, 2.24) is 5.32 Å². The van der Waals surface area contributed by atoms with E-state index in [1.54, 1.807) is 0 Å². The van der Waals surface area contributed by atoms with Gasteiger partial charge in [-0.2, -0.15) is 0 Å². The van der Waals surface area contributed by atoms with Gasteiger partial charge >= 0.3 is 5.63 Å². The van der Waals surface area contributed by atoms with Crippen molar-refractivity contribution < 1.29 is 18.7 Å². The van der Waals surface area contributed by atoms with Gasteiger partial charge in [-0.3, -0.25) is 4.79 Å². The van der Waals surface area contributed by atoms with E-state index in [1.807, 2.05) is 46.8 Å². The van der Waals surface area contributed by atoms with E-state index >= 15 is 0 Å². The van der Waals surface area contributed by atoms with Crippen LogP contribution in [0.5, 0.6) is 5.75 Å². The monoisotopic (exact) mass is 413 g/mol. The standard InChI is InChI=1S/C24H31NO5/c1-14(2)13-28-20-8-7-18-15(3)19(23(27)30-22(18)16(20)4)11-21(26)25-17-9-10-29-24(5,6)12-17/h7-8,17H,1,9-13H2,2-6H3,(H,25,26). The van der Waals surface area contributed by atoms with E-state index in [1.165, 1.54) is 0 Å². The summed E-state index contributed by atoms with van der Waals surface area (Å²) >= 11 is 0. The Bertz CT molecular complexity index is 1030. The van der Waals surface area contributed by atoms with Gasteiger partial charge < -0.3 is 19.2 Å². The number of carbonyl (C=O) groups is 1. The summed E-state index contributed by atoms with van der Waals surface area (Å²) in [5.41, 5.74) is 2.57. The number of benzene rings is 1. The summed E-state index contributed by atoms with van der Waals surface area (Å²) in [7, 11) is 0. The van der Waals surface area contributed by atoms with Crippen molar-refractivity contribution in [2.24, 2.45) is 0 Å². The van der Waals surface area contributed by atoms with Gasteiger partial charge in [0.05, 0.1) is 17.6 Å². The van der Waals surface area contributed by atoms with E-state index in [9.17, 15) is 9.59 Å². The molecule has 1 atom stereocenters. The first kappa shape index (κ1) is 22.1. The summed E-state index contributed by atoms with van der Waals surface area (Å²) in [6, 6.07) is 3.78. The minimum absolute atomic E-state index is 0.00511. The number of hydrogen-bond acceptors (Lipinski definition) is 5. The summed E-state index contributed by atoms with van der Waals surface area (Å²) < 4.78 is 17.1. The van der Waals surface area contributed by atoms with Crippen molar-refractivity contribution in [2.45, 2.75) is 65.5 Å². The molecule has 0 spiro atoms. The van der Waals surface area contributed by atoms with Crippen molar-refractivity contribution in [3.8, 4) is 5.75 Å². The molecule has 1 N–H and O–H groups in total. The molecule has 1 unspecified atom stereocenters. The molecule has 162 valence electrons. The van der Waals surface area contributed by atoms with Crippen molar-refractivity contribution in [2.75, 3.05) is 13.2 Å². The zero-order valence-corrected chi connectivity index (χ0v) is 18.5. The topological polar surface area (TPSA) is 77.8 Å². The lowest BCUT2D eigenvalue weighted by molar-refractivity contribution is -0.123. The molecule has 0 radical (unpaired) electrons. The SMILES string of the molecule is C=C(C)COc1ccc2c(C)c(CC(=O)NC3CCOC(C)(C)C3)c(=O)oc2c1C. The third-order valence-corrected chi connectivity index (χ3v) is 5.53. The molecule has 2 aromatic rings. The predicted molar refractivity (Wildman–Crippen MR) is 117 cm³/mol. The number of ether oxygens (including phenoxy) is 2. The smallest absolute Gasteiger partial charge is 0.340 e. The highest BCUT2D eigenvalue weighted by Gasteiger charge is 2.30. The van der Waals surface area contributed by atoms with Crippen LogP contribution in [0.2, 0.25) is 0 Å². The molecule has 0 aliphatic carbocycles. The third-order valence-electron chi connectivity index (χ3n) is 5.53. The van der Waals surface area contributed by atoms with E-state index < -0.39 is 5.63 Å². The van der Waals surface area contributed by atoms with Gasteiger partial charge in [0.2, 0.25) is 5.91 Å². The zero-order chi connectivity index (χ0) is 22.1. The second kappa shape index (κ2) is 8.64. The van der Waals surface area contributed by atoms with Gasteiger partial charge in [0.25, 0.3) is 0 Å². The first-order valence-corrected chi connectivity index (χ1v) is 10.3. The Morgan fingerprint density at radius 3 is 2.70 bits per heavy atom. The Balaban J connectivity index is 1.82. The number of fused-ring (bicyclic) bond motifs is 1. The van der Waals surface area contributed by atoms with Crippen LogP contribution in [0.25, 0.3) is 11.0 Å². The maximum atomic E-state index is 12.7. The molecular weight excluding hydrogens is 382 g/mol. The van der Waals surface area contributed by atoms with E-state index in [-0.39, 0.29) is 24.0 Å². The highest BCUT2D eigenvalue weighted by Crippen LogP contribution is 2.30. The van der Waals surface area contributed by atoms with Crippen molar-refractivity contribution in [3.05, 3.63) is 51.4 Å². The highest BCUT2D eigenvalue weighted by molar-refractivity contribution is 5.87. The number of nitrogens with one attached hydrogen (secondary N) is 1. The average molecular weight is 414 g/mol. The fraction of sp³-hybridized carbons (Fsp3) is 0.500. The van der Waals surface area contributed by atoms with E-state index in [0.717, 1.165) is 34.9 Å². The van der Waals surface area contributed by atoms with Crippen LogP contribution < -0.4 is 15.7 Å². The van der Waals surface area contributed by atoms with Crippen LogP contribution in [0.4, 0.5) is 0 Å². The van der Waals surface area contributed by atoms with Gasteiger partial charge in [-0.25, -0.2) is 4.79 Å². The molecule has 1 aliphatic rings. The maximum absolute atomic E-state index is 12.7. The molecule has 1 aromatic heterocycles. The van der Waals surface area contributed by atoms with Crippen LogP contribution in [0, 0.1) is 13.8 Å². The maximum Gasteiger partial charge on any atom is 0.340 e. The minimum atomic E-state index is -0.484. The van der Waals surface area contributed by atoms with Gasteiger partial charge in [0, 0.05) is 23.6 Å². The molecule has 1 aromatic carbocycles. The lowest BCUT2D eigenvalue weighted by Gasteiger charge is -2.35. The summed E-state index contributed by atoms with van der Waals surface area (Å²) in [6.45, 7) is 14.5. The first-order chi connectivity index (χ1) is 14.1. The molecule has 2 heterocycles. The van der Waals surface area contributed by atoms with Crippen LogP contribution in [-0.2, 0) is 16.0 Å². The molecule has 6 heteroatoms. The van der Waals surface area contributed by atoms with Crippen molar-refractivity contribution in [3.63, 3.8) is 0 Å². The van der Waals surface area contributed by atoms with Crippen LogP contribution in [0.15, 0.2) is 33.5 Å². The summed E-state index contributed by atoms with van der Waals surface area (Å²) in [5.74, 6) is 0.478. The Kier molecular flexibility index (Phi) is 6.36. The predicted octanol–water partition coefficient (Wildman–Crippen LogP) is 3.98. The molecular formula is C24H31NO5. The quantitative estimate of drug-likeness (QED) is 0.572. The Morgan fingerprint density at radius 2 is 2.03 bits per heavy atom. The second-order valence-corrected chi connectivity index (χ2v) is 8.85. The number of hydrogen-bond donors (Lipinski definition) is 1. The Morgan fingerprint density at radius 1 is 1.30 bits per heavy atom. The summed E-state index contributed by atoms with van der Waals surface area (Å²) in [5, 5.41) is 3.86. The van der Waals surface area contributed by atoms with Crippen LogP contribution >= 0.6 is 0 Å². The summed E-state index contributed by atoms with van der Waals surface area (Å²) in [4.78, 5) is 25.3. The average Bonchev–Trinajstić information content (AvgIpc) is 2.64. The van der Waals surface area contributed by atoms with Crippen molar-refractivity contribution in [1.29, 1.82) is 0 Å². The van der Waals surface area contributed by atoms with Gasteiger partial charge in [-0.1, -0.05) is 6.58 Å². The molecule has 0 saturated carbocycles. The van der Waals surface area contributed by atoms with Crippen LogP contribution in [0.1, 0.15) is 50.3 Å².